The largest absolute Gasteiger partial charge is 0.492 e. The monoisotopic (exact) mass is 349 g/mol. The molecule has 0 saturated carbocycles. The van der Waals surface area contributed by atoms with Crippen LogP contribution in [0.5, 0.6) is 5.75 Å². The van der Waals surface area contributed by atoms with Crippen molar-refractivity contribution in [2.24, 2.45) is 0 Å². The van der Waals surface area contributed by atoms with Crippen LogP contribution in [0.2, 0.25) is 0 Å². The zero-order chi connectivity index (χ0) is 15.2. The van der Waals surface area contributed by atoms with Gasteiger partial charge in [0.05, 0.1) is 17.9 Å². The van der Waals surface area contributed by atoms with Crippen LogP contribution in [0.15, 0.2) is 46.9 Å². The van der Waals surface area contributed by atoms with Crippen LogP contribution in [0, 0.1) is 0 Å². The number of anilines is 1. The Hall–Kier alpha value is -2.01. The quantitative estimate of drug-likeness (QED) is 0.658. The molecule has 0 heterocycles. The van der Waals surface area contributed by atoms with Crippen LogP contribution in [0.3, 0.4) is 0 Å². The van der Waals surface area contributed by atoms with E-state index >= 15 is 0 Å². The van der Waals surface area contributed by atoms with Crippen molar-refractivity contribution in [1.82, 2.24) is 0 Å². The first-order chi connectivity index (χ1) is 10.1. The van der Waals surface area contributed by atoms with Gasteiger partial charge in [-0.05, 0) is 42.8 Å². The first kappa shape index (κ1) is 15.4. The number of ether oxygens (including phenoxy) is 2. The molecule has 0 fully saturated rings. The summed E-state index contributed by atoms with van der Waals surface area (Å²) < 4.78 is 11.5. The zero-order valence-electron chi connectivity index (χ0n) is 11.6. The SMILES string of the molecule is CCOc1ccc(C(=O)OCc2cccc(Br)c2)cc1N. The van der Waals surface area contributed by atoms with E-state index in [-0.39, 0.29) is 6.61 Å². The first-order valence-electron chi connectivity index (χ1n) is 6.54. The molecule has 0 aliphatic heterocycles. The first-order valence-corrected chi connectivity index (χ1v) is 7.33. The van der Waals surface area contributed by atoms with E-state index in [1.165, 1.54) is 0 Å². The Labute approximate surface area is 132 Å². The Balaban J connectivity index is 2.02. The van der Waals surface area contributed by atoms with E-state index < -0.39 is 5.97 Å². The Morgan fingerprint density at radius 1 is 1.24 bits per heavy atom. The smallest absolute Gasteiger partial charge is 0.338 e. The van der Waals surface area contributed by atoms with Crippen LogP contribution in [-0.4, -0.2) is 12.6 Å². The number of rotatable bonds is 5. The third-order valence-electron chi connectivity index (χ3n) is 2.80. The van der Waals surface area contributed by atoms with Crippen molar-refractivity contribution >= 4 is 27.6 Å². The van der Waals surface area contributed by atoms with Gasteiger partial charge in [-0.1, -0.05) is 28.1 Å². The number of halogens is 1. The van der Waals surface area contributed by atoms with Crippen molar-refractivity contribution < 1.29 is 14.3 Å². The highest BCUT2D eigenvalue weighted by Gasteiger charge is 2.10. The Bertz CT molecular complexity index is 643. The van der Waals surface area contributed by atoms with Gasteiger partial charge in [0.1, 0.15) is 12.4 Å². The molecule has 2 aromatic rings. The summed E-state index contributed by atoms with van der Waals surface area (Å²) in [5.74, 6) is 0.158. The molecule has 0 unspecified atom stereocenters. The summed E-state index contributed by atoms with van der Waals surface area (Å²) in [6.45, 7) is 2.61. The molecule has 0 spiro atoms. The molecule has 21 heavy (non-hydrogen) atoms. The van der Waals surface area contributed by atoms with Gasteiger partial charge in [-0.2, -0.15) is 0 Å². The minimum atomic E-state index is -0.412. The summed E-state index contributed by atoms with van der Waals surface area (Å²) in [5.41, 5.74) is 7.58. The number of hydrogen-bond donors (Lipinski definition) is 1. The van der Waals surface area contributed by atoms with Crippen molar-refractivity contribution in [2.45, 2.75) is 13.5 Å². The average Bonchev–Trinajstić information content (AvgIpc) is 2.47. The topological polar surface area (TPSA) is 61.5 Å². The van der Waals surface area contributed by atoms with E-state index in [9.17, 15) is 4.79 Å². The fourth-order valence-corrected chi connectivity index (χ4v) is 2.27. The molecule has 0 radical (unpaired) electrons. The minimum Gasteiger partial charge on any atom is -0.492 e. The van der Waals surface area contributed by atoms with Crippen LogP contribution in [0.25, 0.3) is 0 Å². The highest BCUT2D eigenvalue weighted by atomic mass is 79.9. The predicted octanol–water partition coefficient (Wildman–Crippen LogP) is 3.79. The normalized spacial score (nSPS) is 10.2. The summed E-state index contributed by atoms with van der Waals surface area (Å²) in [4.78, 5) is 12.0. The van der Waals surface area contributed by atoms with Crippen molar-refractivity contribution in [1.29, 1.82) is 0 Å². The van der Waals surface area contributed by atoms with Gasteiger partial charge in [0.2, 0.25) is 0 Å². The highest BCUT2D eigenvalue weighted by Crippen LogP contribution is 2.23. The minimum absolute atomic E-state index is 0.214. The maximum absolute atomic E-state index is 12.0. The Morgan fingerprint density at radius 2 is 2.05 bits per heavy atom. The van der Waals surface area contributed by atoms with E-state index in [0.717, 1.165) is 10.0 Å². The third kappa shape index (κ3) is 4.23. The number of carbonyl (C=O) groups excluding carboxylic acids is 1. The second-order valence-electron chi connectivity index (χ2n) is 4.39. The average molecular weight is 350 g/mol. The summed E-state index contributed by atoms with van der Waals surface area (Å²) >= 11 is 3.38. The number of hydrogen-bond acceptors (Lipinski definition) is 4. The molecule has 5 heteroatoms. The molecule has 0 saturated heterocycles. The molecule has 0 bridgehead atoms. The maximum atomic E-state index is 12.0. The van der Waals surface area contributed by atoms with Crippen LogP contribution in [-0.2, 0) is 11.3 Å². The lowest BCUT2D eigenvalue weighted by Crippen LogP contribution is -2.06. The van der Waals surface area contributed by atoms with Gasteiger partial charge in [0.25, 0.3) is 0 Å². The summed E-state index contributed by atoms with van der Waals surface area (Å²) in [5, 5.41) is 0. The van der Waals surface area contributed by atoms with E-state index in [2.05, 4.69) is 15.9 Å². The predicted molar refractivity (Wildman–Crippen MR) is 85.3 cm³/mol. The standard InChI is InChI=1S/C16H16BrNO3/c1-2-20-15-7-6-12(9-14(15)18)16(19)21-10-11-4-3-5-13(17)8-11/h3-9H,2,10,18H2,1H3. The second-order valence-corrected chi connectivity index (χ2v) is 5.31. The van der Waals surface area contributed by atoms with Crippen LogP contribution >= 0.6 is 15.9 Å². The molecule has 0 aliphatic rings. The molecular formula is C16H16BrNO3. The number of esters is 1. The molecule has 0 aromatic heterocycles. The van der Waals surface area contributed by atoms with Gasteiger partial charge in [0.15, 0.2) is 0 Å². The van der Waals surface area contributed by atoms with Crippen molar-refractivity contribution in [3.05, 3.63) is 58.1 Å². The van der Waals surface area contributed by atoms with Gasteiger partial charge in [-0.15, -0.1) is 0 Å². The Morgan fingerprint density at radius 3 is 2.71 bits per heavy atom. The van der Waals surface area contributed by atoms with Crippen molar-refractivity contribution in [3.8, 4) is 5.75 Å². The van der Waals surface area contributed by atoms with Gasteiger partial charge in [0, 0.05) is 4.47 Å². The van der Waals surface area contributed by atoms with E-state index in [0.29, 0.717) is 23.6 Å². The molecule has 2 N–H and O–H groups in total. The van der Waals surface area contributed by atoms with Gasteiger partial charge >= 0.3 is 5.97 Å². The zero-order valence-corrected chi connectivity index (χ0v) is 13.2. The molecule has 0 aliphatic carbocycles. The Kier molecular flexibility index (Phi) is 5.22. The van der Waals surface area contributed by atoms with Crippen LogP contribution in [0.4, 0.5) is 5.69 Å². The van der Waals surface area contributed by atoms with Gasteiger partial charge in [-0.3, -0.25) is 0 Å². The molecular weight excluding hydrogens is 334 g/mol. The van der Waals surface area contributed by atoms with Crippen molar-refractivity contribution in [3.63, 3.8) is 0 Å². The lowest BCUT2D eigenvalue weighted by atomic mass is 10.2. The molecule has 2 aromatic carbocycles. The molecule has 2 rings (SSSR count). The third-order valence-corrected chi connectivity index (χ3v) is 3.30. The van der Waals surface area contributed by atoms with Gasteiger partial charge < -0.3 is 15.2 Å². The number of nitrogens with two attached hydrogens (primary N) is 1. The van der Waals surface area contributed by atoms with Crippen LogP contribution in [0.1, 0.15) is 22.8 Å². The fourth-order valence-electron chi connectivity index (χ4n) is 1.82. The maximum Gasteiger partial charge on any atom is 0.338 e. The number of nitrogen functional groups attached to an aromatic ring is 1. The lowest BCUT2D eigenvalue weighted by Gasteiger charge is -2.09. The van der Waals surface area contributed by atoms with Crippen LogP contribution < -0.4 is 10.5 Å². The van der Waals surface area contributed by atoms with E-state index in [1.54, 1.807) is 18.2 Å². The summed E-state index contributed by atoms with van der Waals surface area (Å²) in [6, 6.07) is 12.5. The second kappa shape index (κ2) is 7.13. The van der Waals surface area contributed by atoms with Crippen molar-refractivity contribution in [2.75, 3.05) is 12.3 Å². The fraction of sp³-hybridized carbons (Fsp3) is 0.188. The number of carbonyl (C=O) groups is 1. The van der Waals surface area contributed by atoms with E-state index in [4.69, 9.17) is 15.2 Å². The summed E-state index contributed by atoms with van der Waals surface area (Å²) in [7, 11) is 0. The van der Waals surface area contributed by atoms with E-state index in [1.807, 2.05) is 31.2 Å². The summed E-state index contributed by atoms with van der Waals surface area (Å²) in [6.07, 6.45) is 0. The molecule has 110 valence electrons. The number of benzene rings is 2. The molecule has 4 nitrogen and oxygen atoms in total. The van der Waals surface area contributed by atoms with Gasteiger partial charge in [-0.25, -0.2) is 4.79 Å². The lowest BCUT2D eigenvalue weighted by molar-refractivity contribution is 0.0472. The molecule has 0 atom stereocenters. The molecule has 0 amide bonds. The highest BCUT2D eigenvalue weighted by molar-refractivity contribution is 9.10.